The van der Waals surface area contributed by atoms with Crippen LogP contribution in [-0.4, -0.2) is 29.3 Å². The lowest BCUT2D eigenvalue weighted by molar-refractivity contribution is -0.116. The average Bonchev–Trinajstić information content (AvgIpc) is 2.58. The van der Waals surface area contributed by atoms with Crippen molar-refractivity contribution < 1.29 is 19.1 Å². The molecule has 0 unspecified atom stereocenters. The molecule has 6 nitrogen and oxygen atoms in total. The normalized spacial score (nSPS) is 10.6. The molecule has 0 aliphatic rings. The second kappa shape index (κ2) is 9.46. The van der Waals surface area contributed by atoms with E-state index in [1.807, 2.05) is 13.8 Å². The van der Waals surface area contributed by atoms with Gasteiger partial charge in [0.15, 0.2) is 12.4 Å². The highest BCUT2D eigenvalue weighted by molar-refractivity contribution is 6.32. The molecule has 1 heterocycles. The molecule has 1 aromatic heterocycles. The number of pyridine rings is 1. The third-order valence-electron chi connectivity index (χ3n) is 3.92. The highest BCUT2D eigenvalue weighted by Gasteiger charge is 2.18. The van der Waals surface area contributed by atoms with Crippen LogP contribution in [0.1, 0.15) is 52.2 Å². The molecular formula is C21H23ClN2O4. The number of aromatic nitrogens is 1. The average molecular weight is 403 g/mol. The maximum Gasteiger partial charge on any atom is 0.342 e. The molecule has 0 aliphatic heterocycles. The first kappa shape index (κ1) is 21.6. The molecule has 2 aromatic rings. The van der Waals surface area contributed by atoms with Gasteiger partial charge in [-0.2, -0.15) is 0 Å². The van der Waals surface area contributed by atoms with Crippen LogP contribution in [0, 0.1) is 19.8 Å². The highest BCUT2D eigenvalue weighted by atomic mass is 35.5. The van der Waals surface area contributed by atoms with Crippen molar-refractivity contribution in [1.82, 2.24) is 4.98 Å². The molecule has 28 heavy (non-hydrogen) atoms. The molecule has 0 spiro atoms. The number of ether oxygens (including phenoxy) is 1. The van der Waals surface area contributed by atoms with E-state index < -0.39 is 12.6 Å². The molecule has 0 aliphatic carbocycles. The Bertz CT molecular complexity index is 869. The minimum Gasteiger partial charge on any atom is -0.454 e. The van der Waals surface area contributed by atoms with Crippen LogP contribution in [0.25, 0.3) is 0 Å². The van der Waals surface area contributed by atoms with Gasteiger partial charge in [0.1, 0.15) is 5.15 Å². The summed E-state index contributed by atoms with van der Waals surface area (Å²) in [7, 11) is 0. The number of carbonyl (C=O) groups excluding carboxylic acids is 3. The zero-order valence-corrected chi connectivity index (χ0v) is 17.1. The summed E-state index contributed by atoms with van der Waals surface area (Å²) in [5.41, 5.74) is 2.46. The number of carbonyl (C=O) groups is 3. The predicted octanol–water partition coefficient (Wildman–Crippen LogP) is 4.38. The second-order valence-corrected chi connectivity index (χ2v) is 7.33. The Morgan fingerprint density at radius 2 is 1.79 bits per heavy atom. The number of rotatable bonds is 7. The summed E-state index contributed by atoms with van der Waals surface area (Å²) in [5, 5.41) is 2.82. The van der Waals surface area contributed by atoms with Crippen molar-refractivity contribution >= 4 is 34.9 Å². The fourth-order valence-electron chi connectivity index (χ4n) is 2.65. The Morgan fingerprint density at radius 1 is 1.14 bits per heavy atom. The molecule has 0 atom stereocenters. The third kappa shape index (κ3) is 5.89. The Hall–Kier alpha value is -2.73. The van der Waals surface area contributed by atoms with Crippen LogP contribution >= 0.6 is 11.6 Å². The van der Waals surface area contributed by atoms with Gasteiger partial charge in [-0.1, -0.05) is 25.4 Å². The van der Waals surface area contributed by atoms with Crippen LogP contribution < -0.4 is 5.32 Å². The topological polar surface area (TPSA) is 85.4 Å². The molecule has 7 heteroatoms. The van der Waals surface area contributed by atoms with Crippen LogP contribution in [0.15, 0.2) is 30.3 Å². The first-order valence-corrected chi connectivity index (χ1v) is 9.29. The van der Waals surface area contributed by atoms with E-state index in [9.17, 15) is 14.4 Å². The van der Waals surface area contributed by atoms with E-state index in [0.29, 0.717) is 28.9 Å². The number of hydrogen-bond donors (Lipinski definition) is 1. The molecular weight excluding hydrogens is 380 g/mol. The fourth-order valence-corrected chi connectivity index (χ4v) is 3.00. The summed E-state index contributed by atoms with van der Waals surface area (Å²) in [6.45, 7) is 7.01. The number of benzene rings is 1. The summed E-state index contributed by atoms with van der Waals surface area (Å²) in [6, 6.07) is 8.15. The standard InChI is InChI=1S/C21H23ClN2O4/c1-12(2)9-18(26)24-16-7-5-15(6-8-16)17(25)11-28-21(27)19-13(3)10-14(4)23-20(19)22/h5-8,10,12H,9,11H2,1-4H3,(H,24,26). The lowest BCUT2D eigenvalue weighted by Crippen LogP contribution is -2.16. The van der Waals surface area contributed by atoms with Crippen LogP contribution in [0.5, 0.6) is 0 Å². The number of nitrogens with one attached hydrogen (secondary N) is 1. The Kier molecular flexibility index (Phi) is 7.29. The first-order valence-electron chi connectivity index (χ1n) is 8.91. The summed E-state index contributed by atoms with van der Waals surface area (Å²) in [5.74, 6) is -0.874. The van der Waals surface area contributed by atoms with Gasteiger partial charge >= 0.3 is 5.97 Å². The van der Waals surface area contributed by atoms with E-state index in [0.717, 1.165) is 0 Å². The van der Waals surface area contributed by atoms with Gasteiger partial charge in [0, 0.05) is 23.4 Å². The van der Waals surface area contributed by atoms with Gasteiger partial charge in [-0.3, -0.25) is 9.59 Å². The largest absolute Gasteiger partial charge is 0.454 e. The zero-order chi connectivity index (χ0) is 20.8. The van der Waals surface area contributed by atoms with Crippen molar-refractivity contribution in [1.29, 1.82) is 0 Å². The molecule has 1 aromatic carbocycles. The number of Topliss-reactive ketones (excluding diaryl/α,β-unsaturated/α-hetero) is 1. The molecule has 0 bridgehead atoms. The van der Waals surface area contributed by atoms with Gasteiger partial charge in [-0.25, -0.2) is 9.78 Å². The molecule has 0 fully saturated rings. The van der Waals surface area contributed by atoms with Gasteiger partial charge in [0.25, 0.3) is 0 Å². The molecule has 2 rings (SSSR count). The van der Waals surface area contributed by atoms with Crippen molar-refractivity contribution in [3.8, 4) is 0 Å². The lowest BCUT2D eigenvalue weighted by atomic mass is 10.1. The predicted molar refractivity (Wildman–Crippen MR) is 108 cm³/mol. The summed E-state index contributed by atoms with van der Waals surface area (Å²) in [6.07, 6.45) is 0.423. The van der Waals surface area contributed by atoms with Crippen LogP contribution in [0.4, 0.5) is 5.69 Å². The van der Waals surface area contributed by atoms with Crippen molar-refractivity contribution in [3.05, 3.63) is 57.9 Å². The SMILES string of the molecule is Cc1cc(C)c(C(=O)OCC(=O)c2ccc(NC(=O)CC(C)C)cc2)c(Cl)n1. The van der Waals surface area contributed by atoms with E-state index in [1.165, 1.54) is 0 Å². The van der Waals surface area contributed by atoms with E-state index in [2.05, 4.69) is 10.3 Å². The van der Waals surface area contributed by atoms with Gasteiger partial charge in [-0.05, 0) is 55.7 Å². The molecule has 1 amide bonds. The van der Waals surface area contributed by atoms with E-state index in [-0.39, 0.29) is 28.3 Å². The lowest BCUT2D eigenvalue weighted by Gasteiger charge is -2.10. The van der Waals surface area contributed by atoms with Crippen molar-refractivity contribution in [2.24, 2.45) is 5.92 Å². The van der Waals surface area contributed by atoms with E-state index in [1.54, 1.807) is 44.2 Å². The molecule has 0 saturated carbocycles. The van der Waals surface area contributed by atoms with Crippen LogP contribution in [0.3, 0.4) is 0 Å². The summed E-state index contributed by atoms with van der Waals surface area (Å²) < 4.78 is 5.10. The maximum absolute atomic E-state index is 12.3. The van der Waals surface area contributed by atoms with Crippen molar-refractivity contribution in [2.75, 3.05) is 11.9 Å². The maximum atomic E-state index is 12.3. The van der Waals surface area contributed by atoms with E-state index >= 15 is 0 Å². The third-order valence-corrected chi connectivity index (χ3v) is 4.20. The fraction of sp³-hybridized carbons (Fsp3) is 0.333. The molecule has 0 radical (unpaired) electrons. The minimum absolute atomic E-state index is 0.0523. The quantitative estimate of drug-likeness (QED) is 0.422. The number of nitrogens with zero attached hydrogens (tertiary/aromatic N) is 1. The summed E-state index contributed by atoms with van der Waals surface area (Å²) in [4.78, 5) is 40.3. The van der Waals surface area contributed by atoms with Gasteiger partial charge < -0.3 is 10.1 Å². The number of aryl methyl sites for hydroxylation is 2. The minimum atomic E-state index is -0.694. The monoisotopic (exact) mass is 402 g/mol. The molecule has 1 N–H and O–H groups in total. The zero-order valence-electron chi connectivity index (χ0n) is 16.3. The van der Waals surface area contributed by atoms with Gasteiger partial charge in [0.05, 0.1) is 5.56 Å². The van der Waals surface area contributed by atoms with Crippen molar-refractivity contribution in [2.45, 2.75) is 34.1 Å². The van der Waals surface area contributed by atoms with Gasteiger partial charge in [-0.15, -0.1) is 0 Å². The van der Waals surface area contributed by atoms with Crippen LogP contribution in [0.2, 0.25) is 5.15 Å². The van der Waals surface area contributed by atoms with E-state index in [4.69, 9.17) is 16.3 Å². The number of anilines is 1. The number of hydrogen-bond acceptors (Lipinski definition) is 5. The number of ketones is 1. The molecule has 0 saturated heterocycles. The Morgan fingerprint density at radius 3 is 2.36 bits per heavy atom. The Balaban J connectivity index is 1.96. The first-order chi connectivity index (χ1) is 13.2. The molecule has 148 valence electrons. The number of esters is 1. The number of amides is 1. The smallest absolute Gasteiger partial charge is 0.342 e. The van der Waals surface area contributed by atoms with Gasteiger partial charge in [0.2, 0.25) is 5.91 Å². The van der Waals surface area contributed by atoms with Crippen molar-refractivity contribution in [3.63, 3.8) is 0 Å². The summed E-state index contributed by atoms with van der Waals surface area (Å²) >= 11 is 6.02. The van der Waals surface area contributed by atoms with Crippen LogP contribution in [-0.2, 0) is 9.53 Å². The second-order valence-electron chi connectivity index (χ2n) is 6.97. The Labute approximate surface area is 169 Å². The number of halogens is 1. The highest BCUT2D eigenvalue weighted by Crippen LogP contribution is 2.20.